The van der Waals surface area contributed by atoms with Gasteiger partial charge in [0, 0.05) is 11.1 Å². The molecule has 0 saturated heterocycles. The molecule has 1 aliphatic rings. The Morgan fingerprint density at radius 3 is 2.25 bits per heavy atom. The van der Waals surface area contributed by atoms with Gasteiger partial charge in [0.05, 0.1) is 0 Å². The van der Waals surface area contributed by atoms with Crippen LogP contribution in [0.25, 0.3) is 0 Å². The summed E-state index contributed by atoms with van der Waals surface area (Å²) in [4.78, 5) is 11.4. The third-order valence-electron chi connectivity index (χ3n) is 3.17. The summed E-state index contributed by atoms with van der Waals surface area (Å²) in [5, 5.41) is 18.5. The number of carbonyl (C=O) groups excluding carboxylic acids is 1. The topological polar surface area (TPSA) is 57.5 Å². The highest BCUT2D eigenvalue weighted by molar-refractivity contribution is 5.96. The molecule has 0 unspecified atom stereocenters. The molecule has 86 valence electrons. The molecule has 1 aromatic rings. The van der Waals surface area contributed by atoms with Gasteiger partial charge in [0.2, 0.25) is 0 Å². The van der Waals surface area contributed by atoms with Crippen LogP contribution in [0.2, 0.25) is 0 Å². The van der Waals surface area contributed by atoms with Gasteiger partial charge in [-0.25, -0.2) is 0 Å². The molecule has 1 aromatic carbocycles. The SMILES string of the molecule is CC(=O)c1cc2c(cc1C(O)O)CCCC2. The minimum absolute atomic E-state index is 0.114. The Kier molecular flexibility index (Phi) is 3.08. The molecular weight excluding hydrogens is 204 g/mol. The van der Waals surface area contributed by atoms with Gasteiger partial charge in [-0.3, -0.25) is 4.79 Å². The van der Waals surface area contributed by atoms with Crippen LogP contribution in [0, 0.1) is 0 Å². The van der Waals surface area contributed by atoms with E-state index in [1.165, 1.54) is 12.5 Å². The largest absolute Gasteiger partial charge is 0.364 e. The van der Waals surface area contributed by atoms with Crippen molar-refractivity contribution in [2.45, 2.75) is 38.9 Å². The molecule has 3 nitrogen and oxygen atoms in total. The summed E-state index contributed by atoms with van der Waals surface area (Å²) >= 11 is 0. The Morgan fingerprint density at radius 2 is 1.75 bits per heavy atom. The van der Waals surface area contributed by atoms with Crippen LogP contribution in [0.4, 0.5) is 0 Å². The van der Waals surface area contributed by atoms with Gasteiger partial charge in [-0.2, -0.15) is 0 Å². The molecule has 0 aliphatic heterocycles. The number of Topliss-reactive ketones (excluding diaryl/α,β-unsaturated/α-hetero) is 1. The summed E-state index contributed by atoms with van der Waals surface area (Å²) in [5.74, 6) is -0.114. The van der Waals surface area contributed by atoms with Crippen LogP contribution in [0.5, 0.6) is 0 Å². The molecule has 1 aliphatic carbocycles. The molecular formula is C13H16O3. The molecule has 0 atom stereocenters. The van der Waals surface area contributed by atoms with Crippen molar-refractivity contribution in [1.29, 1.82) is 0 Å². The molecule has 0 aromatic heterocycles. The summed E-state index contributed by atoms with van der Waals surface area (Å²) in [7, 11) is 0. The fourth-order valence-electron chi connectivity index (χ4n) is 2.32. The summed E-state index contributed by atoms with van der Waals surface area (Å²) < 4.78 is 0. The van der Waals surface area contributed by atoms with Crippen molar-refractivity contribution in [3.63, 3.8) is 0 Å². The number of benzene rings is 1. The standard InChI is InChI=1S/C13H16O3/c1-8(14)11-6-9-4-2-3-5-10(9)7-12(11)13(15)16/h6-7,13,15-16H,2-5H2,1H3. The van der Waals surface area contributed by atoms with E-state index in [0.29, 0.717) is 11.1 Å². The molecule has 0 amide bonds. The van der Waals surface area contributed by atoms with E-state index in [0.717, 1.165) is 31.2 Å². The van der Waals surface area contributed by atoms with Gasteiger partial charge in [-0.15, -0.1) is 0 Å². The highest BCUT2D eigenvalue weighted by Crippen LogP contribution is 2.27. The lowest BCUT2D eigenvalue weighted by Crippen LogP contribution is -2.11. The Balaban J connectivity index is 2.54. The average Bonchev–Trinajstić information content (AvgIpc) is 2.27. The second-order valence-corrected chi connectivity index (χ2v) is 4.35. The highest BCUT2D eigenvalue weighted by atomic mass is 16.5. The number of hydrogen-bond donors (Lipinski definition) is 2. The number of rotatable bonds is 2. The van der Waals surface area contributed by atoms with E-state index >= 15 is 0 Å². The Hall–Kier alpha value is -1.19. The van der Waals surface area contributed by atoms with Gasteiger partial charge in [-0.05, 0) is 55.9 Å². The highest BCUT2D eigenvalue weighted by Gasteiger charge is 2.18. The van der Waals surface area contributed by atoms with E-state index in [2.05, 4.69) is 0 Å². The normalized spacial score (nSPS) is 15.0. The van der Waals surface area contributed by atoms with Crippen molar-refractivity contribution in [3.8, 4) is 0 Å². The van der Waals surface area contributed by atoms with E-state index in [9.17, 15) is 15.0 Å². The molecule has 2 rings (SSSR count). The second-order valence-electron chi connectivity index (χ2n) is 4.35. The molecule has 0 bridgehead atoms. The van der Waals surface area contributed by atoms with Crippen LogP contribution in [0.3, 0.4) is 0 Å². The first-order chi connectivity index (χ1) is 7.59. The average molecular weight is 220 g/mol. The zero-order valence-corrected chi connectivity index (χ0v) is 9.36. The first-order valence-electron chi connectivity index (χ1n) is 5.62. The quantitative estimate of drug-likeness (QED) is 0.589. The molecule has 0 spiro atoms. The van der Waals surface area contributed by atoms with Crippen molar-refractivity contribution in [1.82, 2.24) is 0 Å². The lowest BCUT2D eigenvalue weighted by Gasteiger charge is -2.19. The first-order valence-corrected chi connectivity index (χ1v) is 5.62. The van der Waals surface area contributed by atoms with Gasteiger partial charge in [0.25, 0.3) is 0 Å². The third-order valence-corrected chi connectivity index (χ3v) is 3.17. The van der Waals surface area contributed by atoms with Crippen LogP contribution < -0.4 is 0 Å². The van der Waals surface area contributed by atoms with E-state index < -0.39 is 6.29 Å². The second kappa shape index (κ2) is 4.36. The minimum Gasteiger partial charge on any atom is -0.364 e. The van der Waals surface area contributed by atoms with Crippen molar-refractivity contribution in [2.75, 3.05) is 0 Å². The van der Waals surface area contributed by atoms with Crippen LogP contribution in [-0.2, 0) is 12.8 Å². The smallest absolute Gasteiger partial charge is 0.179 e. The Labute approximate surface area is 94.7 Å². The third kappa shape index (κ3) is 2.01. The fraction of sp³-hybridized carbons (Fsp3) is 0.462. The summed E-state index contributed by atoms with van der Waals surface area (Å²) in [5.41, 5.74) is 3.11. The van der Waals surface area contributed by atoms with Crippen LogP contribution in [0.15, 0.2) is 12.1 Å². The van der Waals surface area contributed by atoms with Crippen LogP contribution in [-0.4, -0.2) is 16.0 Å². The van der Waals surface area contributed by atoms with E-state index in [1.807, 2.05) is 6.07 Å². The fourth-order valence-corrected chi connectivity index (χ4v) is 2.32. The van der Waals surface area contributed by atoms with Gasteiger partial charge >= 0.3 is 0 Å². The van der Waals surface area contributed by atoms with E-state index in [-0.39, 0.29) is 5.78 Å². The van der Waals surface area contributed by atoms with Crippen molar-refractivity contribution in [2.24, 2.45) is 0 Å². The van der Waals surface area contributed by atoms with Crippen molar-refractivity contribution >= 4 is 5.78 Å². The number of aryl methyl sites for hydroxylation is 2. The lowest BCUT2D eigenvalue weighted by atomic mass is 9.87. The summed E-state index contributed by atoms with van der Waals surface area (Å²) in [6, 6.07) is 3.60. The summed E-state index contributed by atoms with van der Waals surface area (Å²) in [6.45, 7) is 1.45. The first kappa shape index (κ1) is 11.3. The predicted molar refractivity (Wildman–Crippen MR) is 60.3 cm³/mol. The monoisotopic (exact) mass is 220 g/mol. The van der Waals surface area contributed by atoms with Crippen molar-refractivity contribution < 1.29 is 15.0 Å². The molecule has 0 heterocycles. The van der Waals surface area contributed by atoms with E-state index in [1.54, 1.807) is 6.07 Å². The molecule has 3 heteroatoms. The maximum absolute atomic E-state index is 11.4. The van der Waals surface area contributed by atoms with Gasteiger partial charge in [0.15, 0.2) is 12.1 Å². The van der Waals surface area contributed by atoms with Crippen molar-refractivity contribution in [3.05, 3.63) is 34.4 Å². The van der Waals surface area contributed by atoms with Gasteiger partial charge in [0.1, 0.15) is 0 Å². The number of ketones is 1. The molecule has 0 fully saturated rings. The van der Waals surface area contributed by atoms with Gasteiger partial charge in [-0.1, -0.05) is 0 Å². The molecule has 0 saturated carbocycles. The Morgan fingerprint density at radius 1 is 1.19 bits per heavy atom. The zero-order valence-electron chi connectivity index (χ0n) is 9.36. The van der Waals surface area contributed by atoms with Crippen LogP contribution >= 0.6 is 0 Å². The Bertz CT molecular complexity index is 421. The molecule has 2 N–H and O–H groups in total. The summed E-state index contributed by atoms with van der Waals surface area (Å²) in [6.07, 6.45) is 2.66. The lowest BCUT2D eigenvalue weighted by molar-refractivity contribution is -0.0429. The number of fused-ring (bicyclic) bond motifs is 1. The maximum atomic E-state index is 11.4. The van der Waals surface area contributed by atoms with E-state index in [4.69, 9.17) is 0 Å². The minimum atomic E-state index is -1.56. The number of aliphatic hydroxyl groups excluding tert-OH is 1. The number of hydrogen-bond acceptors (Lipinski definition) is 3. The van der Waals surface area contributed by atoms with Crippen LogP contribution in [0.1, 0.15) is 53.1 Å². The number of carbonyl (C=O) groups is 1. The number of aliphatic hydroxyl groups is 2. The molecule has 16 heavy (non-hydrogen) atoms. The van der Waals surface area contributed by atoms with Gasteiger partial charge < -0.3 is 10.2 Å². The molecule has 0 radical (unpaired) electrons. The zero-order chi connectivity index (χ0) is 11.7. The maximum Gasteiger partial charge on any atom is 0.179 e. The predicted octanol–water partition coefficient (Wildman–Crippen LogP) is 1.75.